The van der Waals surface area contributed by atoms with E-state index in [0.717, 1.165) is 19.4 Å². The van der Waals surface area contributed by atoms with Crippen LogP contribution in [0.2, 0.25) is 0 Å². The van der Waals surface area contributed by atoms with E-state index < -0.39 is 0 Å². The Bertz CT molecular complexity index is 133. The first-order chi connectivity index (χ1) is 6.20. The molecule has 78 valence electrons. The van der Waals surface area contributed by atoms with Gasteiger partial charge in [-0.2, -0.15) is 0 Å². The fourth-order valence-electron chi connectivity index (χ4n) is 0.998. The highest BCUT2D eigenvalue weighted by Crippen LogP contribution is 1.98. The maximum Gasteiger partial charge on any atom is 0.0802 e. The van der Waals surface area contributed by atoms with Gasteiger partial charge >= 0.3 is 0 Å². The van der Waals surface area contributed by atoms with Crippen molar-refractivity contribution in [3.05, 3.63) is 11.6 Å². The van der Waals surface area contributed by atoms with Gasteiger partial charge in [0.05, 0.1) is 19.3 Å². The standard InChI is InChI=1S/C11H22O2/c1-5-11(12-4)9-13-8-6-7-10(2)3/h7,11H,5-6,8-9H2,1-4H3. The first kappa shape index (κ1) is 12.7. The van der Waals surface area contributed by atoms with Crippen LogP contribution < -0.4 is 0 Å². The zero-order chi connectivity index (χ0) is 10.1. The molecule has 1 unspecified atom stereocenters. The summed E-state index contributed by atoms with van der Waals surface area (Å²) in [6, 6.07) is 0. The summed E-state index contributed by atoms with van der Waals surface area (Å²) in [5, 5.41) is 0. The minimum absolute atomic E-state index is 0.256. The van der Waals surface area contributed by atoms with Crippen molar-refractivity contribution in [2.24, 2.45) is 0 Å². The summed E-state index contributed by atoms with van der Waals surface area (Å²) >= 11 is 0. The molecule has 0 heterocycles. The van der Waals surface area contributed by atoms with Crippen LogP contribution in [0.5, 0.6) is 0 Å². The number of hydrogen-bond donors (Lipinski definition) is 0. The summed E-state index contributed by atoms with van der Waals surface area (Å²) < 4.78 is 10.6. The Morgan fingerprint density at radius 3 is 2.54 bits per heavy atom. The fourth-order valence-corrected chi connectivity index (χ4v) is 0.998. The topological polar surface area (TPSA) is 18.5 Å². The van der Waals surface area contributed by atoms with E-state index in [9.17, 15) is 0 Å². The first-order valence-corrected chi connectivity index (χ1v) is 4.94. The second-order valence-corrected chi connectivity index (χ2v) is 3.41. The van der Waals surface area contributed by atoms with Crippen LogP contribution in [0.4, 0.5) is 0 Å². The van der Waals surface area contributed by atoms with E-state index in [1.807, 2.05) is 0 Å². The van der Waals surface area contributed by atoms with Crippen LogP contribution in [-0.2, 0) is 9.47 Å². The van der Waals surface area contributed by atoms with Gasteiger partial charge in [0.1, 0.15) is 0 Å². The molecule has 2 heteroatoms. The SMILES string of the molecule is CCC(COCCC=C(C)C)OC. The molecule has 0 rings (SSSR count). The molecule has 0 saturated heterocycles. The van der Waals surface area contributed by atoms with Gasteiger partial charge in [-0.15, -0.1) is 0 Å². The third-order valence-electron chi connectivity index (χ3n) is 1.91. The predicted octanol–water partition coefficient (Wildman–Crippen LogP) is 2.78. The van der Waals surface area contributed by atoms with Crippen molar-refractivity contribution >= 4 is 0 Å². The van der Waals surface area contributed by atoms with Crippen molar-refractivity contribution in [1.29, 1.82) is 0 Å². The van der Waals surface area contributed by atoms with Crippen LogP contribution in [0, 0.1) is 0 Å². The predicted molar refractivity (Wildman–Crippen MR) is 56.0 cm³/mol. The molecule has 0 aliphatic heterocycles. The Balaban J connectivity index is 3.29. The van der Waals surface area contributed by atoms with Gasteiger partial charge in [-0.05, 0) is 26.7 Å². The van der Waals surface area contributed by atoms with Crippen molar-refractivity contribution in [3.8, 4) is 0 Å². The van der Waals surface area contributed by atoms with E-state index in [1.54, 1.807) is 7.11 Å². The van der Waals surface area contributed by atoms with E-state index in [4.69, 9.17) is 9.47 Å². The van der Waals surface area contributed by atoms with E-state index in [2.05, 4.69) is 26.8 Å². The van der Waals surface area contributed by atoms with Crippen molar-refractivity contribution in [1.82, 2.24) is 0 Å². The third kappa shape index (κ3) is 8.00. The number of ether oxygens (including phenoxy) is 2. The highest BCUT2D eigenvalue weighted by Gasteiger charge is 2.02. The Morgan fingerprint density at radius 1 is 1.38 bits per heavy atom. The molecule has 0 aliphatic rings. The Hall–Kier alpha value is -0.340. The van der Waals surface area contributed by atoms with Gasteiger partial charge in [-0.1, -0.05) is 18.6 Å². The van der Waals surface area contributed by atoms with Crippen LogP contribution in [-0.4, -0.2) is 26.4 Å². The number of rotatable bonds is 7. The van der Waals surface area contributed by atoms with E-state index >= 15 is 0 Å². The monoisotopic (exact) mass is 186 g/mol. The molecule has 0 fully saturated rings. The lowest BCUT2D eigenvalue weighted by atomic mass is 10.3. The second kappa shape index (κ2) is 8.27. The second-order valence-electron chi connectivity index (χ2n) is 3.41. The molecule has 0 radical (unpaired) electrons. The molecule has 0 spiro atoms. The van der Waals surface area contributed by atoms with Gasteiger partial charge in [0.25, 0.3) is 0 Å². The minimum Gasteiger partial charge on any atom is -0.379 e. The molecule has 0 aliphatic carbocycles. The minimum atomic E-state index is 0.256. The van der Waals surface area contributed by atoms with E-state index in [1.165, 1.54) is 5.57 Å². The van der Waals surface area contributed by atoms with Crippen LogP contribution in [0.15, 0.2) is 11.6 Å². The van der Waals surface area contributed by atoms with Crippen LogP contribution in [0.1, 0.15) is 33.6 Å². The van der Waals surface area contributed by atoms with Crippen molar-refractivity contribution in [2.45, 2.75) is 39.7 Å². The quantitative estimate of drug-likeness (QED) is 0.449. The van der Waals surface area contributed by atoms with Gasteiger partial charge in [-0.3, -0.25) is 0 Å². The van der Waals surface area contributed by atoms with Crippen LogP contribution in [0.3, 0.4) is 0 Å². The summed E-state index contributed by atoms with van der Waals surface area (Å²) in [6.07, 6.45) is 4.46. The van der Waals surface area contributed by atoms with Crippen LogP contribution in [0.25, 0.3) is 0 Å². The maximum absolute atomic E-state index is 5.46. The summed E-state index contributed by atoms with van der Waals surface area (Å²) in [4.78, 5) is 0. The summed E-state index contributed by atoms with van der Waals surface area (Å²) in [7, 11) is 1.73. The third-order valence-corrected chi connectivity index (χ3v) is 1.91. The van der Waals surface area contributed by atoms with E-state index in [0.29, 0.717) is 6.61 Å². The van der Waals surface area contributed by atoms with Gasteiger partial charge in [0.15, 0.2) is 0 Å². The van der Waals surface area contributed by atoms with Crippen molar-refractivity contribution < 1.29 is 9.47 Å². The number of hydrogen-bond acceptors (Lipinski definition) is 2. The molecule has 0 aromatic heterocycles. The first-order valence-electron chi connectivity index (χ1n) is 4.94. The molecule has 1 atom stereocenters. The normalized spacial score (nSPS) is 12.6. The molecule has 0 amide bonds. The zero-order valence-corrected chi connectivity index (χ0v) is 9.30. The van der Waals surface area contributed by atoms with E-state index in [-0.39, 0.29) is 6.10 Å². The summed E-state index contributed by atoms with van der Waals surface area (Å²) in [5.74, 6) is 0. The Kier molecular flexibility index (Phi) is 8.05. The molecule has 0 bridgehead atoms. The van der Waals surface area contributed by atoms with Crippen molar-refractivity contribution in [3.63, 3.8) is 0 Å². The molecule has 0 N–H and O–H groups in total. The van der Waals surface area contributed by atoms with Gasteiger partial charge in [0, 0.05) is 7.11 Å². The molecular formula is C11H22O2. The van der Waals surface area contributed by atoms with Gasteiger partial charge in [-0.25, -0.2) is 0 Å². The lowest BCUT2D eigenvalue weighted by molar-refractivity contribution is 0.00828. The molecule has 0 saturated carbocycles. The highest BCUT2D eigenvalue weighted by atomic mass is 16.5. The van der Waals surface area contributed by atoms with Crippen LogP contribution >= 0.6 is 0 Å². The number of methoxy groups -OCH3 is 1. The molecule has 13 heavy (non-hydrogen) atoms. The molecular weight excluding hydrogens is 164 g/mol. The number of allylic oxidation sites excluding steroid dienone is 1. The van der Waals surface area contributed by atoms with Gasteiger partial charge < -0.3 is 9.47 Å². The Morgan fingerprint density at radius 2 is 2.08 bits per heavy atom. The summed E-state index contributed by atoms with van der Waals surface area (Å²) in [6.45, 7) is 7.82. The average molecular weight is 186 g/mol. The summed E-state index contributed by atoms with van der Waals surface area (Å²) in [5.41, 5.74) is 1.35. The molecule has 0 aromatic rings. The zero-order valence-electron chi connectivity index (χ0n) is 9.30. The average Bonchev–Trinajstić information content (AvgIpc) is 2.11. The lowest BCUT2D eigenvalue weighted by Crippen LogP contribution is -2.17. The van der Waals surface area contributed by atoms with Gasteiger partial charge in [0.2, 0.25) is 0 Å². The van der Waals surface area contributed by atoms with Crippen molar-refractivity contribution in [2.75, 3.05) is 20.3 Å². The lowest BCUT2D eigenvalue weighted by Gasteiger charge is -2.12. The smallest absolute Gasteiger partial charge is 0.0802 e. The largest absolute Gasteiger partial charge is 0.379 e. The Labute approximate surface area is 81.9 Å². The highest BCUT2D eigenvalue weighted by molar-refractivity contribution is 4.92. The molecule has 0 aromatic carbocycles. The molecule has 2 nitrogen and oxygen atoms in total. The fraction of sp³-hybridized carbons (Fsp3) is 0.818. The maximum atomic E-state index is 5.46.